The van der Waals surface area contributed by atoms with Crippen molar-refractivity contribution in [1.82, 2.24) is 24.4 Å². The molecule has 0 bridgehead atoms. The lowest BCUT2D eigenvalue weighted by molar-refractivity contribution is 0.0293. The highest BCUT2D eigenvalue weighted by Crippen LogP contribution is 2.26. The molecule has 2 aromatic heterocycles. The highest BCUT2D eigenvalue weighted by atomic mass is 16.6. The number of carbonyl (C=O) groups is 1. The van der Waals surface area contributed by atoms with Gasteiger partial charge in [0.2, 0.25) is 5.95 Å². The number of aromatic nitrogens is 4. The summed E-state index contributed by atoms with van der Waals surface area (Å²) >= 11 is 0. The van der Waals surface area contributed by atoms with E-state index < -0.39 is 5.60 Å². The van der Waals surface area contributed by atoms with Gasteiger partial charge in [0.25, 0.3) is 0 Å². The van der Waals surface area contributed by atoms with Gasteiger partial charge in [-0.15, -0.1) is 0 Å². The Hall–Kier alpha value is -4.14. The number of anilines is 2. The molecule has 1 atom stereocenters. The summed E-state index contributed by atoms with van der Waals surface area (Å²) in [5.41, 5.74) is 4.50. The molecule has 9 nitrogen and oxygen atoms in total. The summed E-state index contributed by atoms with van der Waals surface area (Å²) in [5, 5.41) is 6.93. The molecule has 0 saturated carbocycles. The average Bonchev–Trinajstić information content (AvgIpc) is 3.55. The smallest absolute Gasteiger partial charge is 0.410 e. The molecule has 1 aliphatic heterocycles. The number of hydrogen-bond donors (Lipinski definition) is 2. The highest BCUT2D eigenvalue weighted by Gasteiger charge is 2.30. The molecule has 1 aliphatic rings. The number of fused-ring (bicyclic) bond motifs is 1. The lowest BCUT2D eigenvalue weighted by atomic mass is 10.0. The monoisotopic (exact) mass is 527 g/mol. The van der Waals surface area contributed by atoms with Crippen LogP contribution in [0.2, 0.25) is 0 Å². The van der Waals surface area contributed by atoms with Crippen molar-refractivity contribution in [2.24, 2.45) is 0 Å². The van der Waals surface area contributed by atoms with Crippen molar-refractivity contribution < 1.29 is 9.53 Å². The van der Waals surface area contributed by atoms with Gasteiger partial charge in [0.1, 0.15) is 5.60 Å². The lowest BCUT2D eigenvalue weighted by Crippen LogP contribution is -2.36. The van der Waals surface area contributed by atoms with E-state index in [1.807, 2.05) is 49.9 Å². The van der Waals surface area contributed by atoms with Gasteiger partial charge in [0.05, 0.1) is 6.33 Å². The molecule has 0 spiro atoms. The molecule has 1 amide bonds. The number of benzene rings is 2. The molecular formula is C30H37N7O2. The van der Waals surface area contributed by atoms with Crippen LogP contribution >= 0.6 is 0 Å². The van der Waals surface area contributed by atoms with Crippen molar-refractivity contribution in [1.29, 1.82) is 0 Å². The summed E-state index contributed by atoms with van der Waals surface area (Å²) in [7, 11) is 0. The SMILES string of the molecule is CC(C)n1cnc2c(NCc3ccc(-c4ccccc4)cc3)nc(NC3CCN(C(=O)OC(C)(C)C)C3)nc21. The maximum Gasteiger partial charge on any atom is 0.410 e. The van der Waals surface area contributed by atoms with Gasteiger partial charge < -0.3 is 24.8 Å². The number of likely N-dealkylation sites (tertiary alicyclic amines) is 1. The highest BCUT2D eigenvalue weighted by molar-refractivity contribution is 5.84. The van der Waals surface area contributed by atoms with Crippen molar-refractivity contribution in [3.63, 3.8) is 0 Å². The molecule has 0 radical (unpaired) electrons. The van der Waals surface area contributed by atoms with Gasteiger partial charge in [-0.25, -0.2) is 9.78 Å². The van der Waals surface area contributed by atoms with Crippen LogP contribution < -0.4 is 10.6 Å². The first-order valence-corrected chi connectivity index (χ1v) is 13.5. The predicted molar refractivity (Wildman–Crippen MR) is 155 cm³/mol. The summed E-state index contributed by atoms with van der Waals surface area (Å²) in [4.78, 5) is 28.5. The number of imidazole rings is 1. The summed E-state index contributed by atoms with van der Waals surface area (Å²) in [6, 6.07) is 19.1. The van der Waals surface area contributed by atoms with Crippen LogP contribution in [-0.4, -0.2) is 55.2 Å². The fourth-order valence-electron chi connectivity index (χ4n) is 4.67. The first-order chi connectivity index (χ1) is 18.7. The fourth-order valence-corrected chi connectivity index (χ4v) is 4.67. The fraction of sp³-hybridized carbons (Fsp3) is 0.400. The quantitative estimate of drug-likeness (QED) is 0.299. The Balaban J connectivity index is 1.32. The molecule has 0 aliphatic carbocycles. The standard InChI is InChI=1S/C30H37N7O2/c1-20(2)37-19-32-25-26(31-17-21-11-13-23(14-12-21)22-9-7-6-8-10-22)34-28(35-27(25)37)33-24-15-16-36(18-24)29(38)39-30(3,4)5/h6-14,19-20,24H,15-18H2,1-5H3,(H2,31,33,34,35). The third-order valence-electron chi connectivity index (χ3n) is 6.67. The van der Waals surface area contributed by atoms with Crippen molar-refractivity contribution in [2.45, 2.75) is 65.3 Å². The second-order valence-electron chi connectivity index (χ2n) is 11.3. The Morgan fingerprint density at radius 3 is 2.46 bits per heavy atom. The van der Waals surface area contributed by atoms with Gasteiger partial charge in [-0.3, -0.25) is 0 Å². The molecule has 5 rings (SSSR count). The van der Waals surface area contributed by atoms with Crippen LogP contribution in [0, 0.1) is 0 Å². The molecule has 1 unspecified atom stereocenters. The van der Waals surface area contributed by atoms with Crippen molar-refractivity contribution in [3.05, 3.63) is 66.5 Å². The maximum atomic E-state index is 12.5. The van der Waals surface area contributed by atoms with Crippen LogP contribution in [0.5, 0.6) is 0 Å². The Bertz CT molecular complexity index is 1430. The zero-order chi connectivity index (χ0) is 27.6. The van der Waals surface area contributed by atoms with E-state index in [1.165, 1.54) is 11.1 Å². The molecule has 39 heavy (non-hydrogen) atoms. The number of rotatable bonds is 7. The summed E-state index contributed by atoms with van der Waals surface area (Å²) in [5.74, 6) is 1.19. The summed E-state index contributed by atoms with van der Waals surface area (Å²) in [6.45, 7) is 11.6. The van der Waals surface area contributed by atoms with Gasteiger partial charge >= 0.3 is 6.09 Å². The topological polar surface area (TPSA) is 97.2 Å². The Labute approximate surface area is 229 Å². The third-order valence-corrected chi connectivity index (χ3v) is 6.67. The van der Waals surface area contributed by atoms with E-state index in [2.05, 4.69) is 65.9 Å². The third kappa shape index (κ3) is 6.30. The van der Waals surface area contributed by atoms with Crippen molar-refractivity contribution in [3.8, 4) is 11.1 Å². The Kier molecular flexibility index (Phi) is 7.41. The van der Waals surface area contributed by atoms with Crippen LogP contribution in [-0.2, 0) is 11.3 Å². The minimum atomic E-state index is -0.519. The summed E-state index contributed by atoms with van der Waals surface area (Å²) in [6.07, 6.45) is 2.32. The van der Waals surface area contributed by atoms with Crippen LogP contribution in [0.15, 0.2) is 60.9 Å². The normalized spacial score (nSPS) is 15.6. The maximum absolute atomic E-state index is 12.5. The van der Waals surface area contributed by atoms with Crippen LogP contribution in [0.25, 0.3) is 22.3 Å². The van der Waals surface area contributed by atoms with Gasteiger partial charge in [-0.05, 0) is 57.7 Å². The number of nitrogens with one attached hydrogen (secondary N) is 2. The number of carbonyl (C=O) groups excluding carboxylic acids is 1. The first kappa shape index (κ1) is 26.5. The lowest BCUT2D eigenvalue weighted by Gasteiger charge is -2.24. The molecule has 3 heterocycles. The van der Waals surface area contributed by atoms with Gasteiger partial charge in [-0.1, -0.05) is 54.6 Å². The van der Waals surface area contributed by atoms with Crippen LogP contribution in [0.4, 0.5) is 16.6 Å². The number of ether oxygens (including phenoxy) is 1. The zero-order valence-electron chi connectivity index (χ0n) is 23.3. The molecule has 9 heteroatoms. The van der Waals surface area contributed by atoms with E-state index in [1.54, 1.807) is 4.90 Å². The minimum absolute atomic E-state index is 0.0313. The number of nitrogens with zero attached hydrogens (tertiary/aromatic N) is 5. The Morgan fingerprint density at radius 1 is 1.05 bits per heavy atom. The minimum Gasteiger partial charge on any atom is -0.444 e. The van der Waals surface area contributed by atoms with E-state index in [9.17, 15) is 4.79 Å². The molecule has 4 aromatic rings. The number of amides is 1. The van der Waals surface area contributed by atoms with Crippen molar-refractivity contribution >= 4 is 29.0 Å². The molecule has 2 aromatic carbocycles. The Morgan fingerprint density at radius 2 is 1.77 bits per heavy atom. The van der Waals surface area contributed by atoms with Gasteiger partial charge in [0, 0.05) is 31.7 Å². The van der Waals surface area contributed by atoms with Gasteiger partial charge in [-0.2, -0.15) is 9.97 Å². The van der Waals surface area contributed by atoms with E-state index >= 15 is 0 Å². The second kappa shape index (κ2) is 10.9. The molecule has 1 fully saturated rings. The first-order valence-electron chi connectivity index (χ1n) is 13.5. The molecule has 1 saturated heterocycles. The summed E-state index contributed by atoms with van der Waals surface area (Å²) < 4.78 is 7.59. The zero-order valence-corrected chi connectivity index (χ0v) is 23.3. The van der Waals surface area contributed by atoms with Crippen LogP contribution in [0.1, 0.15) is 52.6 Å². The van der Waals surface area contributed by atoms with Crippen molar-refractivity contribution in [2.75, 3.05) is 23.7 Å². The molecular weight excluding hydrogens is 490 g/mol. The van der Waals surface area contributed by atoms with Gasteiger partial charge in [0.15, 0.2) is 17.0 Å². The van der Waals surface area contributed by atoms with E-state index in [0.717, 1.165) is 23.1 Å². The molecule has 204 valence electrons. The van der Waals surface area contributed by atoms with E-state index in [4.69, 9.17) is 14.7 Å². The average molecular weight is 528 g/mol. The number of hydrogen-bond acceptors (Lipinski definition) is 7. The second-order valence-corrected chi connectivity index (χ2v) is 11.3. The predicted octanol–water partition coefficient (Wildman–Crippen LogP) is 6.11. The van der Waals surface area contributed by atoms with Crippen LogP contribution in [0.3, 0.4) is 0 Å². The van der Waals surface area contributed by atoms with E-state index in [-0.39, 0.29) is 18.2 Å². The largest absolute Gasteiger partial charge is 0.444 e. The molecule has 2 N–H and O–H groups in total. The van der Waals surface area contributed by atoms with E-state index in [0.29, 0.717) is 31.4 Å².